The lowest BCUT2D eigenvalue weighted by Gasteiger charge is -2.12. The highest BCUT2D eigenvalue weighted by Crippen LogP contribution is 2.22. The van der Waals surface area contributed by atoms with E-state index in [1.807, 2.05) is 32.9 Å². The zero-order valence-corrected chi connectivity index (χ0v) is 11.5. The highest BCUT2D eigenvalue weighted by molar-refractivity contribution is 5.92. The summed E-state index contributed by atoms with van der Waals surface area (Å²) in [7, 11) is 0. The third-order valence-corrected chi connectivity index (χ3v) is 3.24. The van der Waals surface area contributed by atoms with Crippen LogP contribution in [-0.4, -0.2) is 20.9 Å². The van der Waals surface area contributed by atoms with E-state index in [2.05, 4.69) is 5.10 Å². The van der Waals surface area contributed by atoms with Crippen LogP contribution in [0.3, 0.4) is 0 Å². The first-order chi connectivity index (χ1) is 9.08. The van der Waals surface area contributed by atoms with Crippen molar-refractivity contribution in [2.24, 2.45) is 0 Å². The maximum atomic E-state index is 11.4. The molecular formula is C15H18N2O2. The van der Waals surface area contributed by atoms with Crippen LogP contribution in [0.5, 0.6) is 0 Å². The average molecular weight is 258 g/mol. The second-order valence-corrected chi connectivity index (χ2v) is 4.52. The molecule has 2 rings (SSSR count). The second kappa shape index (κ2) is 5.26. The molecule has 0 unspecified atom stereocenters. The van der Waals surface area contributed by atoms with Crippen LogP contribution in [0.2, 0.25) is 0 Å². The summed E-state index contributed by atoms with van der Waals surface area (Å²) in [6, 6.07) is 7.34. The Labute approximate surface area is 112 Å². The Bertz CT molecular complexity index is 615. The summed E-state index contributed by atoms with van der Waals surface area (Å²) >= 11 is 0. The van der Waals surface area contributed by atoms with Crippen LogP contribution in [-0.2, 0) is 12.8 Å². The summed E-state index contributed by atoms with van der Waals surface area (Å²) in [5.74, 6) is -0.922. The molecule has 0 atom stereocenters. The summed E-state index contributed by atoms with van der Waals surface area (Å²) in [6.45, 7) is 6.00. The van der Waals surface area contributed by atoms with E-state index in [0.717, 1.165) is 29.8 Å². The van der Waals surface area contributed by atoms with Crippen LogP contribution < -0.4 is 0 Å². The Balaban J connectivity index is 2.70. The first-order valence-corrected chi connectivity index (χ1v) is 6.49. The monoisotopic (exact) mass is 258 g/mol. The molecule has 0 fully saturated rings. The number of aryl methyl sites for hydroxylation is 3. The van der Waals surface area contributed by atoms with Crippen molar-refractivity contribution in [1.29, 1.82) is 0 Å². The van der Waals surface area contributed by atoms with E-state index in [-0.39, 0.29) is 0 Å². The van der Waals surface area contributed by atoms with Crippen LogP contribution in [0.15, 0.2) is 24.3 Å². The third kappa shape index (κ3) is 2.38. The SMILES string of the molecule is CCc1cc(CC)n(-c2c(C)cccc2C(=O)O)n1. The Morgan fingerprint density at radius 1 is 1.32 bits per heavy atom. The molecule has 1 heterocycles. The molecule has 100 valence electrons. The lowest BCUT2D eigenvalue weighted by molar-refractivity contribution is 0.0696. The number of rotatable bonds is 4. The number of aromatic carboxylic acids is 1. The van der Waals surface area contributed by atoms with Crippen LogP contribution >= 0.6 is 0 Å². The summed E-state index contributed by atoms with van der Waals surface area (Å²) in [4.78, 5) is 11.4. The molecular weight excluding hydrogens is 240 g/mol. The molecule has 0 aliphatic rings. The van der Waals surface area contributed by atoms with Gasteiger partial charge < -0.3 is 5.11 Å². The normalized spacial score (nSPS) is 10.7. The van der Waals surface area contributed by atoms with Gasteiger partial charge in [0.05, 0.1) is 16.9 Å². The van der Waals surface area contributed by atoms with Gasteiger partial charge in [-0.15, -0.1) is 0 Å². The largest absolute Gasteiger partial charge is 0.478 e. The van der Waals surface area contributed by atoms with E-state index in [0.29, 0.717) is 11.3 Å². The number of aromatic nitrogens is 2. The predicted octanol–water partition coefficient (Wildman–Crippen LogP) is 3.00. The maximum Gasteiger partial charge on any atom is 0.337 e. The first kappa shape index (κ1) is 13.3. The van der Waals surface area contributed by atoms with E-state index in [1.54, 1.807) is 16.8 Å². The zero-order chi connectivity index (χ0) is 14.0. The molecule has 0 aliphatic heterocycles. The van der Waals surface area contributed by atoms with Gasteiger partial charge in [-0.2, -0.15) is 5.10 Å². The van der Waals surface area contributed by atoms with Gasteiger partial charge in [0.1, 0.15) is 0 Å². The molecule has 0 radical (unpaired) electrons. The van der Waals surface area contributed by atoms with Gasteiger partial charge in [-0.25, -0.2) is 9.48 Å². The van der Waals surface area contributed by atoms with E-state index in [9.17, 15) is 9.90 Å². The van der Waals surface area contributed by atoms with Crippen molar-refractivity contribution in [2.45, 2.75) is 33.6 Å². The van der Waals surface area contributed by atoms with E-state index in [4.69, 9.17) is 0 Å². The topological polar surface area (TPSA) is 55.1 Å². The van der Waals surface area contributed by atoms with Gasteiger partial charge in [0.2, 0.25) is 0 Å². The van der Waals surface area contributed by atoms with Crippen molar-refractivity contribution in [2.75, 3.05) is 0 Å². The quantitative estimate of drug-likeness (QED) is 0.917. The lowest BCUT2D eigenvalue weighted by Crippen LogP contribution is -2.11. The number of carbonyl (C=O) groups is 1. The number of nitrogens with zero attached hydrogens (tertiary/aromatic N) is 2. The minimum Gasteiger partial charge on any atom is -0.478 e. The van der Waals surface area contributed by atoms with Crippen molar-refractivity contribution >= 4 is 5.97 Å². The minimum absolute atomic E-state index is 0.292. The fourth-order valence-corrected chi connectivity index (χ4v) is 2.21. The molecule has 19 heavy (non-hydrogen) atoms. The standard InChI is InChI=1S/C15H18N2O2/c1-4-11-9-12(5-2)17(16-11)14-10(3)7-6-8-13(14)15(18)19/h6-9H,4-5H2,1-3H3,(H,18,19). The molecule has 0 spiro atoms. The summed E-state index contributed by atoms with van der Waals surface area (Å²) in [6.07, 6.45) is 1.66. The van der Waals surface area contributed by atoms with Crippen LogP contribution in [0, 0.1) is 6.92 Å². The summed E-state index contributed by atoms with van der Waals surface area (Å²) in [5, 5.41) is 13.9. The second-order valence-electron chi connectivity index (χ2n) is 4.52. The summed E-state index contributed by atoms with van der Waals surface area (Å²) in [5.41, 5.74) is 3.90. The van der Waals surface area contributed by atoms with E-state index in [1.165, 1.54) is 0 Å². The number of carboxylic acid groups (broad SMARTS) is 1. The maximum absolute atomic E-state index is 11.4. The Morgan fingerprint density at radius 3 is 2.63 bits per heavy atom. The molecule has 4 nitrogen and oxygen atoms in total. The van der Waals surface area contributed by atoms with Gasteiger partial charge in [-0.05, 0) is 37.5 Å². The Hall–Kier alpha value is -2.10. The molecule has 0 saturated heterocycles. The van der Waals surface area contributed by atoms with Crippen molar-refractivity contribution in [1.82, 2.24) is 9.78 Å². The number of hydrogen-bond acceptors (Lipinski definition) is 2. The smallest absolute Gasteiger partial charge is 0.337 e. The van der Waals surface area contributed by atoms with Crippen LogP contribution in [0.25, 0.3) is 5.69 Å². The van der Waals surface area contributed by atoms with Gasteiger partial charge in [-0.3, -0.25) is 0 Å². The van der Waals surface area contributed by atoms with Crippen molar-refractivity contribution in [3.8, 4) is 5.69 Å². The van der Waals surface area contributed by atoms with Crippen molar-refractivity contribution < 1.29 is 9.90 Å². The molecule has 4 heteroatoms. The third-order valence-electron chi connectivity index (χ3n) is 3.24. The molecule has 1 aromatic heterocycles. The van der Waals surface area contributed by atoms with Gasteiger partial charge in [0, 0.05) is 5.69 Å². The molecule has 0 aliphatic carbocycles. The van der Waals surface area contributed by atoms with Gasteiger partial charge in [-0.1, -0.05) is 26.0 Å². The van der Waals surface area contributed by atoms with Gasteiger partial charge >= 0.3 is 5.97 Å². The fraction of sp³-hybridized carbons (Fsp3) is 0.333. The van der Waals surface area contributed by atoms with Gasteiger partial charge in [0.25, 0.3) is 0 Å². The van der Waals surface area contributed by atoms with Crippen molar-refractivity contribution in [3.05, 3.63) is 46.8 Å². The van der Waals surface area contributed by atoms with Crippen LogP contribution in [0.4, 0.5) is 0 Å². The fourth-order valence-electron chi connectivity index (χ4n) is 2.21. The van der Waals surface area contributed by atoms with Crippen LogP contribution in [0.1, 0.15) is 41.2 Å². The first-order valence-electron chi connectivity index (χ1n) is 6.49. The Morgan fingerprint density at radius 2 is 2.05 bits per heavy atom. The summed E-state index contributed by atoms with van der Waals surface area (Å²) < 4.78 is 1.78. The van der Waals surface area contributed by atoms with Gasteiger partial charge in [0.15, 0.2) is 0 Å². The average Bonchev–Trinajstić information content (AvgIpc) is 2.81. The molecule has 1 aromatic carbocycles. The highest BCUT2D eigenvalue weighted by Gasteiger charge is 2.17. The Kier molecular flexibility index (Phi) is 3.69. The zero-order valence-electron chi connectivity index (χ0n) is 11.5. The van der Waals surface area contributed by atoms with E-state index < -0.39 is 5.97 Å². The highest BCUT2D eigenvalue weighted by atomic mass is 16.4. The molecule has 1 N–H and O–H groups in total. The molecule has 0 amide bonds. The molecule has 0 bridgehead atoms. The number of para-hydroxylation sites is 1. The number of hydrogen-bond donors (Lipinski definition) is 1. The van der Waals surface area contributed by atoms with Crippen molar-refractivity contribution in [3.63, 3.8) is 0 Å². The number of benzene rings is 1. The predicted molar refractivity (Wildman–Crippen MR) is 74.0 cm³/mol. The number of carboxylic acids is 1. The lowest BCUT2D eigenvalue weighted by atomic mass is 10.1. The molecule has 2 aromatic rings. The minimum atomic E-state index is -0.922. The molecule has 0 saturated carbocycles. The van der Waals surface area contributed by atoms with E-state index >= 15 is 0 Å².